The molecule has 0 aliphatic carbocycles. The second kappa shape index (κ2) is 38.6. The van der Waals surface area contributed by atoms with Crippen LogP contribution in [0.3, 0.4) is 0 Å². The van der Waals surface area contributed by atoms with Crippen LogP contribution in [0.25, 0.3) is 0 Å². The summed E-state index contributed by atoms with van der Waals surface area (Å²) >= 11 is 0. The van der Waals surface area contributed by atoms with E-state index in [9.17, 15) is 9.59 Å². The summed E-state index contributed by atoms with van der Waals surface area (Å²) in [5.74, 6) is 0.323. The fourth-order valence-corrected chi connectivity index (χ4v) is 2.83. The predicted molar refractivity (Wildman–Crippen MR) is 177 cm³/mol. The number of aromatic nitrogens is 2. The molecular formula is C34H65N3O5. The zero-order valence-electron chi connectivity index (χ0n) is 28.4. The first-order valence-electron chi connectivity index (χ1n) is 16.2. The summed E-state index contributed by atoms with van der Waals surface area (Å²) in [6.45, 7) is 22.2. The van der Waals surface area contributed by atoms with Gasteiger partial charge in [0.2, 0.25) is 5.91 Å². The lowest BCUT2D eigenvalue weighted by Crippen LogP contribution is -2.26. The maximum atomic E-state index is 11.6. The Morgan fingerprint density at radius 2 is 1.00 bits per heavy atom. The number of unbranched alkanes of at least 4 members (excludes halogenated alkanes) is 2. The molecule has 0 saturated carbocycles. The Bertz CT molecular complexity index is 747. The number of ketones is 1. The molecule has 0 aliphatic heterocycles. The van der Waals surface area contributed by atoms with Crippen LogP contribution in [-0.2, 0) is 36.9 Å². The second-order valence-electron chi connectivity index (χ2n) is 8.94. The Kier molecular flexibility index (Phi) is 40.4. The first-order chi connectivity index (χ1) is 20.5. The van der Waals surface area contributed by atoms with Crippen molar-refractivity contribution in [2.24, 2.45) is 0 Å². The van der Waals surface area contributed by atoms with E-state index in [4.69, 9.17) is 14.2 Å². The third-order valence-corrected chi connectivity index (χ3v) is 5.33. The van der Waals surface area contributed by atoms with Gasteiger partial charge in [-0.15, -0.1) is 0 Å². The number of amides is 1. The molecule has 0 aliphatic rings. The lowest BCUT2D eigenvalue weighted by Gasteiger charge is -2.08. The van der Waals surface area contributed by atoms with Gasteiger partial charge in [-0.2, -0.15) is 0 Å². The molecule has 0 fully saturated rings. The molecule has 0 atom stereocenters. The van der Waals surface area contributed by atoms with Crippen molar-refractivity contribution in [1.29, 1.82) is 0 Å². The quantitative estimate of drug-likeness (QED) is 0.160. The van der Waals surface area contributed by atoms with Crippen molar-refractivity contribution in [3.63, 3.8) is 0 Å². The summed E-state index contributed by atoms with van der Waals surface area (Å²) in [6.07, 6.45) is 14.7. The molecule has 1 amide bonds. The minimum Gasteiger partial charge on any atom is -0.379 e. The summed E-state index contributed by atoms with van der Waals surface area (Å²) in [5.41, 5.74) is 0. The largest absolute Gasteiger partial charge is 0.379 e. The van der Waals surface area contributed by atoms with Gasteiger partial charge in [0.1, 0.15) is 5.78 Å². The molecule has 246 valence electrons. The number of carbonyl (C=O) groups excluding carboxylic acids is 2. The van der Waals surface area contributed by atoms with E-state index in [0.717, 1.165) is 39.0 Å². The summed E-state index contributed by atoms with van der Waals surface area (Å²) < 4.78 is 20.3. The highest BCUT2D eigenvalue weighted by Crippen LogP contribution is 1.94. The van der Waals surface area contributed by atoms with Crippen molar-refractivity contribution >= 4 is 11.7 Å². The number of aryl methyl sites for hydroxylation is 2. The standard InChI is InChI=1S/C18H32N2O4.C8H11NO.C4H10.2C2H6/c1-2-3-12-22-14-16-24-17-15-23-13-6-8-19-18(21)7-11-20-9-4-5-10-20;1-8(10)4-7-9-5-2-3-6-9;1-3-4-2;2*1-2/h4-5,9-10H,2-3,6-8,11-17H2,1H3,(H,19,21);2-3,5-6H,4,7H2,1H3;3-4H2,1-2H3;2*1-2H3. The van der Waals surface area contributed by atoms with Crippen molar-refractivity contribution < 1.29 is 23.8 Å². The minimum atomic E-state index is 0.0788. The van der Waals surface area contributed by atoms with Crippen LogP contribution in [0, 0.1) is 0 Å². The third kappa shape index (κ3) is 35.6. The van der Waals surface area contributed by atoms with Crippen molar-refractivity contribution in [2.75, 3.05) is 46.2 Å². The first kappa shape index (κ1) is 44.0. The Labute approximate surface area is 258 Å². The number of hydrogen-bond acceptors (Lipinski definition) is 5. The lowest BCUT2D eigenvalue weighted by atomic mass is 10.3. The number of ether oxygens (including phenoxy) is 3. The maximum Gasteiger partial charge on any atom is 0.221 e. The van der Waals surface area contributed by atoms with Crippen LogP contribution in [0.5, 0.6) is 0 Å². The molecule has 2 aromatic heterocycles. The molecule has 42 heavy (non-hydrogen) atoms. The van der Waals surface area contributed by atoms with Crippen LogP contribution in [0.1, 0.15) is 100 Å². The van der Waals surface area contributed by atoms with Gasteiger partial charge in [0, 0.05) is 70.5 Å². The first-order valence-corrected chi connectivity index (χ1v) is 16.2. The van der Waals surface area contributed by atoms with Gasteiger partial charge >= 0.3 is 0 Å². The zero-order valence-corrected chi connectivity index (χ0v) is 28.4. The lowest BCUT2D eigenvalue weighted by molar-refractivity contribution is -0.121. The summed E-state index contributed by atoms with van der Waals surface area (Å²) in [6, 6.07) is 7.83. The van der Waals surface area contributed by atoms with Crippen molar-refractivity contribution in [2.45, 2.75) is 113 Å². The number of nitrogens with one attached hydrogen (secondary N) is 1. The van der Waals surface area contributed by atoms with Gasteiger partial charge in [-0.25, -0.2) is 0 Å². The van der Waals surface area contributed by atoms with Crippen LogP contribution in [0.4, 0.5) is 0 Å². The number of Topliss-reactive ketones (excluding diaryl/α,β-unsaturated/α-hetero) is 1. The smallest absolute Gasteiger partial charge is 0.221 e. The topological polar surface area (TPSA) is 83.7 Å². The normalized spacial score (nSPS) is 9.52. The van der Waals surface area contributed by atoms with E-state index in [-0.39, 0.29) is 11.7 Å². The van der Waals surface area contributed by atoms with E-state index >= 15 is 0 Å². The zero-order chi connectivity index (χ0) is 32.1. The van der Waals surface area contributed by atoms with Crippen LogP contribution >= 0.6 is 0 Å². The fourth-order valence-electron chi connectivity index (χ4n) is 2.83. The SMILES string of the molecule is CC.CC.CC(=O)CCn1cccc1.CCCC.CCCCOCCOCCOCCCNC(=O)CCn1cccc1. The fraction of sp³-hybridized carbons (Fsp3) is 0.706. The molecule has 2 rings (SSSR count). The minimum absolute atomic E-state index is 0.0788. The van der Waals surface area contributed by atoms with Crippen molar-refractivity contribution in [3.8, 4) is 0 Å². The highest BCUT2D eigenvalue weighted by molar-refractivity contribution is 5.75. The van der Waals surface area contributed by atoms with Gasteiger partial charge in [-0.1, -0.05) is 67.7 Å². The Morgan fingerprint density at radius 1 is 0.595 bits per heavy atom. The Morgan fingerprint density at radius 3 is 1.40 bits per heavy atom. The molecule has 2 heterocycles. The number of carbonyl (C=O) groups is 2. The summed E-state index contributed by atoms with van der Waals surface area (Å²) in [7, 11) is 0. The predicted octanol–water partition coefficient (Wildman–Crippen LogP) is 7.56. The third-order valence-electron chi connectivity index (χ3n) is 5.33. The highest BCUT2D eigenvalue weighted by Gasteiger charge is 2.00. The average molecular weight is 596 g/mol. The van der Waals surface area contributed by atoms with Gasteiger partial charge in [-0.3, -0.25) is 9.59 Å². The van der Waals surface area contributed by atoms with Gasteiger partial charge in [0.25, 0.3) is 0 Å². The molecular weight excluding hydrogens is 530 g/mol. The van der Waals surface area contributed by atoms with E-state index in [1.165, 1.54) is 12.8 Å². The number of rotatable bonds is 20. The molecule has 0 spiro atoms. The molecule has 8 heteroatoms. The van der Waals surface area contributed by atoms with Gasteiger partial charge in [0.15, 0.2) is 0 Å². The molecule has 8 nitrogen and oxygen atoms in total. The molecule has 1 N–H and O–H groups in total. The molecule has 0 bridgehead atoms. The molecule has 0 radical (unpaired) electrons. The van der Waals surface area contributed by atoms with E-state index in [1.807, 2.05) is 85.9 Å². The number of nitrogens with zero attached hydrogens (tertiary/aromatic N) is 2. The van der Waals surface area contributed by atoms with Crippen molar-refractivity contribution in [3.05, 3.63) is 49.1 Å². The van der Waals surface area contributed by atoms with Crippen LogP contribution in [0.2, 0.25) is 0 Å². The van der Waals surface area contributed by atoms with Gasteiger partial charge in [-0.05, 0) is 44.0 Å². The second-order valence-corrected chi connectivity index (χ2v) is 8.94. The highest BCUT2D eigenvalue weighted by atomic mass is 16.5. The molecule has 0 saturated heterocycles. The van der Waals surface area contributed by atoms with E-state index < -0.39 is 0 Å². The molecule has 2 aromatic rings. The van der Waals surface area contributed by atoms with Crippen LogP contribution in [0.15, 0.2) is 49.1 Å². The van der Waals surface area contributed by atoms with Crippen molar-refractivity contribution in [1.82, 2.24) is 14.5 Å². The van der Waals surface area contributed by atoms with E-state index in [2.05, 4.69) is 26.1 Å². The summed E-state index contributed by atoms with van der Waals surface area (Å²) in [5, 5.41) is 2.90. The van der Waals surface area contributed by atoms with Crippen LogP contribution < -0.4 is 5.32 Å². The van der Waals surface area contributed by atoms with Gasteiger partial charge in [0.05, 0.1) is 26.4 Å². The maximum absolute atomic E-state index is 11.6. The summed E-state index contributed by atoms with van der Waals surface area (Å²) in [4.78, 5) is 22.2. The van der Waals surface area contributed by atoms with E-state index in [1.54, 1.807) is 6.92 Å². The Hall–Kier alpha value is -2.42. The Balaban J connectivity index is -0.000000692. The van der Waals surface area contributed by atoms with Gasteiger partial charge < -0.3 is 28.7 Å². The van der Waals surface area contributed by atoms with E-state index in [0.29, 0.717) is 52.4 Å². The monoisotopic (exact) mass is 595 g/mol. The number of hydrogen-bond donors (Lipinski definition) is 1. The molecule has 0 aromatic carbocycles. The molecule has 0 unspecified atom stereocenters. The average Bonchev–Trinajstić information content (AvgIpc) is 3.75. The van der Waals surface area contributed by atoms with Crippen LogP contribution in [-0.4, -0.2) is 67.0 Å².